The van der Waals surface area contributed by atoms with Crippen LogP contribution in [0.2, 0.25) is 0 Å². The third-order valence-electron chi connectivity index (χ3n) is 4.20. The molecule has 2 aromatic rings. The van der Waals surface area contributed by atoms with Gasteiger partial charge in [0, 0.05) is 4.47 Å². The van der Waals surface area contributed by atoms with Crippen molar-refractivity contribution in [3.63, 3.8) is 0 Å². The van der Waals surface area contributed by atoms with Crippen molar-refractivity contribution in [2.24, 2.45) is 0 Å². The first kappa shape index (κ1) is 21.0. The minimum Gasteiger partial charge on any atom is -0.493 e. The highest BCUT2D eigenvalue weighted by Crippen LogP contribution is 2.36. The molecule has 0 bridgehead atoms. The molecule has 0 radical (unpaired) electrons. The van der Waals surface area contributed by atoms with Crippen LogP contribution in [0, 0.1) is 10.1 Å². The molecule has 0 aromatic heterocycles. The zero-order valence-corrected chi connectivity index (χ0v) is 17.3. The number of methoxy groups -OCH3 is 2. The van der Waals surface area contributed by atoms with Crippen molar-refractivity contribution in [3.05, 3.63) is 62.1 Å². The smallest absolute Gasteiger partial charge is 0.335 e. The first-order chi connectivity index (χ1) is 14.3. The minimum atomic E-state index is -0.972. The van der Waals surface area contributed by atoms with Gasteiger partial charge in [-0.2, -0.15) is 0 Å². The van der Waals surface area contributed by atoms with Crippen molar-refractivity contribution in [3.8, 4) is 11.5 Å². The van der Waals surface area contributed by atoms with Crippen LogP contribution >= 0.6 is 15.9 Å². The fourth-order valence-corrected chi connectivity index (χ4v) is 3.21. The molecule has 30 heavy (non-hydrogen) atoms. The van der Waals surface area contributed by atoms with Crippen molar-refractivity contribution >= 4 is 51.2 Å². The summed E-state index contributed by atoms with van der Waals surface area (Å²) in [5.74, 6) is -1.62. The number of nitrogens with zero attached hydrogens (tertiary/aromatic N) is 2. The second-order valence-corrected chi connectivity index (χ2v) is 6.88. The van der Waals surface area contributed by atoms with Crippen molar-refractivity contribution in [2.75, 3.05) is 19.1 Å². The van der Waals surface area contributed by atoms with Crippen LogP contribution in [-0.4, -0.2) is 37.0 Å². The van der Waals surface area contributed by atoms with E-state index in [4.69, 9.17) is 9.47 Å². The third kappa shape index (κ3) is 3.87. The molecule has 0 spiro atoms. The van der Waals surface area contributed by atoms with Gasteiger partial charge >= 0.3 is 6.03 Å². The summed E-state index contributed by atoms with van der Waals surface area (Å²) in [7, 11) is 2.66. The number of nitro groups is 1. The number of carbonyl (C=O) groups excluding carboxylic acids is 3. The number of barbiturate groups is 1. The SMILES string of the molecule is COc1cc(C=C2C(=O)NC(=O)N(c3cccc(Br)c3)C2=O)c([N+](=O)[O-])cc1OC. The van der Waals surface area contributed by atoms with Crippen molar-refractivity contribution < 1.29 is 28.8 Å². The summed E-state index contributed by atoms with van der Waals surface area (Å²) in [5, 5.41) is 13.6. The van der Waals surface area contributed by atoms with Crippen LogP contribution in [0.1, 0.15) is 5.56 Å². The number of amides is 4. The van der Waals surface area contributed by atoms with E-state index in [1.807, 2.05) is 0 Å². The number of halogens is 1. The molecule has 3 rings (SSSR count). The molecule has 1 fully saturated rings. The van der Waals surface area contributed by atoms with Crippen LogP contribution in [-0.2, 0) is 9.59 Å². The quantitative estimate of drug-likeness (QED) is 0.304. The molecule has 4 amide bonds. The van der Waals surface area contributed by atoms with Gasteiger partial charge in [0.25, 0.3) is 17.5 Å². The summed E-state index contributed by atoms with van der Waals surface area (Å²) in [4.78, 5) is 49.1. The van der Waals surface area contributed by atoms with E-state index in [0.717, 1.165) is 17.0 Å². The van der Waals surface area contributed by atoms with Gasteiger partial charge in [0.15, 0.2) is 11.5 Å². The molecule has 1 saturated heterocycles. The van der Waals surface area contributed by atoms with Crippen molar-refractivity contribution in [2.45, 2.75) is 0 Å². The molecular weight excluding hydrogens is 462 g/mol. The lowest BCUT2D eigenvalue weighted by Crippen LogP contribution is -2.54. The number of nitro benzene ring substituents is 1. The molecule has 2 aromatic carbocycles. The van der Waals surface area contributed by atoms with E-state index >= 15 is 0 Å². The molecule has 1 aliphatic heterocycles. The Morgan fingerprint density at radius 2 is 1.77 bits per heavy atom. The number of benzene rings is 2. The van der Waals surface area contributed by atoms with Gasteiger partial charge in [-0.05, 0) is 30.3 Å². The largest absolute Gasteiger partial charge is 0.493 e. The van der Waals surface area contributed by atoms with Gasteiger partial charge in [0.2, 0.25) is 0 Å². The van der Waals surface area contributed by atoms with Gasteiger partial charge in [-0.25, -0.2) is 9.69 Å². The topological polar surface area (TPSA) is 128 Å². The summed E-state index contributed by atoms with van der Waals surface area (Å²) in [5.41, 5.74) is -0.719. The minimum absolute atomic E-state index is 0.0697. The molecule has 0 atom stereocenters. The lowest BCUT2D eigenvalue weighted by molar-refractivity contribution is -0.385. The zero-order chi connectivity index (χ0) is 22.0. The molecule has 1 N–H and O–H groups in total. The Kier molecular flexibility index (Phi) is 5.83. The second kappa shape index (κ2) is 8.33. The predicted molar refractivity (Wildman–Crippen MR) is 109 cm³/mol. The van der Waals surface area contributed by atoms with Crippen molar-refractivity contribution in [1.29, 1.82) is 0 Å². The number of ether oxygens (including phenoxy) is 2. The highest BCUT2D eigenvalue weighted by atomic mass is 79.9. The summed E-state index contributed by atoms with van der Waals surface area (Å²) in [6.07, 6.45) is 1.04. The first-order valence-corrected chi connectivity index (χ1v) is 9.13. The summed E-state index contributed by atoms with van der Waals surface area (Å²) in [6, 6.07) is 7.79. The summed E-state index contributed by atoms with van der Waals surface area (Å²) in [6.45, 7) is 0. The van der Waals surface area contributed by atoms with Crippen LogP contribution in [0.4, 0.5) is 16.2 Å². The molecule has 154 valence electrons. The van der Waals surface area contributed by atoms with Crippen LogP contribution in [0.5, 0.6) is 11.5 Å². The lowest BCUT2D eigenvalue weighted by atomic mass is 10.0. The number of carbonyl (C=O) groups is 3. The van der Waals surface area contributed by atoms with Gasteiger partial charge in [0.05, 0.1) is 36.5 Å². The van der Waals surface area contributed by atoms with Crippen LogP contribution in [0.25, 0.3) is 6.08 Å². The maximum absolute atomic E-state index is 13.0. The van der Waals surface area contributed by atoms with Gasteiger partial charge in [-0.3, -0.25) is 25.0 Å². The van der Waals surface area contributed by atoms with Crippen LogP contribution in [0.3, 0.4) is 0 Å². The predicted octanol–water partition coefficient (Wildman–Crippen LogP) is 3.04. The normalized spacial score (nSPS) is 15.2. The summed E-state index contributed by atoms with van der Waals surface area (Å²) < 4.78 is 10.8. The Balaban J connectivity index is 2.14. The second-order valence-electron chi connectivity index (χ2n) is 5.96. The number of hydrogen-bond donors (Lipinski definition) is 1. The average molecular weight is 476 g/mol. The van der Waals surface area contributed by atoms with E-state index in [9.17, 15) is 24.5 Å². The van der Waals surface area contributed by atoms with E-state index in [-0.39, 0.29) is 22.7 Å². The fourth-order valence-electron chi connectivity index (χ4n) is 2.82. The molecule has 0 saturated carbocycles. The lowest BCUT2D eigenvalue weighted by Gasteiger charge is -2.26. The highest BCUT2D eigenvalue weighted by molar-refractivity contribution is 9.10. The number of anilines is 1. The molecule has 0 unspecified atom stereocenters. The van der Waals surface area contributed by atoms with Crippen LogP contribution in [0.15, 0.2) is 46.4 Å². The maximum atomic E-state index is 13.0. The highest BCUT2D eigenvalue weighted by Gasteiger charge is 2.37. The average Bonchev–Trinajstić information content (AvgIpc) is 2.70. The van der Waals surface area contributed by atoms with E-state index in [1.54, 1.807) is 12.1 Å². The molecule has 1 aliphatic rings. The van der Waals surface area contributed by atoms with Gasteiger partial charge in [-0.15, -0.1) is 0 Å². The number of rotatable bonds is 5. The van der Waals surface area contributed by atoms with E-state index in [1.165, 1.54) is 32.4 Å². The Bertz CT molecular complexity index is 1110. The Hall–Kier alpha value is -3.73. The molecule has 11 heteroatoms. The van der Waals surface area contributed by atoms with Gasteiger partial charge in [0.1, 0.15) is 5.57 Å². The molecule has 0 aliphatic carbocycles. The van der Waals surface area contributed by atoms with Crippen molar-refractivity contribution in [1.82, 2.24) is 5.32 Å². The fraction of sp³-hybridized carbons (Fsp3) is 0.105. The van der Waals surface area contributed by atoms with Crippen LogP contribution < -0.4 is 19.7 Å². The zero-order valence-electron chi connectivity index (χ0n) is 15.7. The number of urea groups is 1. The van der Waals surface area contributed by atoms with E-state index < -0.39 is 34.0 Å². The Labute approximate surface area is 178 Å². The standard InChI is InChI=1S/C19H14BrN3O7/c1-29-15-7-10(14(23(27)28)9-16(15)30-2)6-13-17(24)21-19(26)22(18(13)25)12-5-3-4-11(20)8-12/h3-9H,1-2H3,(H,21,24,26). The third-order valence-corrected chi connectivity index (χ3v) is 4.69. The molecule has 1 heterocycles. The van der Waals surface area contributed by atoms with Gasteiger partial charge < -0.3 is 9.47 Å². The monoisotopic (exact) mass is 475 g/mol. The Morgan fingerprint density at radius 1 is 1.10 bits per heavy atom. The maximum Gasteiger partial charge on any atom is 0.335 e. The number of nitrogens with one attached hydrogen (secondary N) is 1. The first-order valence-electron chi connectivity index (χ1n) is 8.34. The Morgan fingerprint density at radius 3 is 2.37 bits per heavy atom. The molecule has 10 nitrogen and oxygen atoms in total. The number of imide groups is 2. The molecular formula is C19H14BrN3O7. The summed E-state index contributed by atoms with van der Waals surface area (Å²) >= 11 is 3.25. The van der Waals surface area contributed by atoms with E-state index in [0.29, 0.717) is 4.47 Å². The number of hydrogen-bond acceptors (Lipinski definition) is 7. The van der Waals surface area contributed by atoms with E-state index in [2.05, 4.69) is 21.2 Å². The van der Waals surface area contributed by atoms with Gasteiger partial charge in [-0.1, -0.05) is 22.0 Å².